The molecule has 224 valence electrons. The van der Waals surface area contributed by atoms with E-state index in [1.165, 1.54) is 4.90 Å². The van der Waals surface area contributed by atoms with Gasteiger partial charge in [-0.15, -0.1) is 5.10 Å². The fourth-order valence-electron chi connectivity index (χ4n) is 6.54. The fraction of sp³-hybridized carbons (Fsp3) is 0.438. The zero-order chi connectivity index (χ0) is 30.1. The lowest BCUT2D eigenvalue weighted by Gasteiger charge is -2.31. The number of aromatic amines is 1. The number of nitrogens with one attached hydrogen (secondary N) is 2. The number of hydrogen-bond acceptors (Lipinski definition) is 9. The maximum absolute atomic E-state index is 13.9. The van der Waals surface area contributed by atoms with Crippen molar-refractivity contribution < 1.29 is 14.7 Å². The predicted octanol–water partition coefficient (Wildman–Crippen LogP) is 4.72. The Kier molecular flexibility index (Phi) is 8.07. The average Bonchev–Trinajstić information content (AvgIpc) is 3.73. The number of aromatic hydroxyl groups is 1. The molecule has 0 radical (unpaired) electrons. The molecule has 1 aromatic heterocycles. The molecule has 11 heteroatoms. The lowest BCUT2D eigenvalue weighted by atomic mass is 9.77. The van der Waals surface area contributed by atoms with Crippen molar-refractivity contribution in [2.45, 2.75) is 71.1 Å². The number of hydrazone groups is 1. The summed E-state index contributed by atoms with van der Waals surface area (Å²) in [5, 5.41) is 30.3. The molecule has 43 heavy (non-hydrogen) atoms. The maximum Gasteiger partial charge on any atom is 0.286 e. The second-order valence-corrected chi connectivity index (χ2v) is 12.0. The summed E-state index contributed by atoms with van der Waals surface area (Å²) in [4.78, 5) is 31.2. The van der Waals surface area contributed by atoms with E-state index in [1.807, 2.05) is 38.1 Å². The second-order valence-electron chi connectivity index (χ2n) is 12.0. The van der Waals surface area contributed by atoms with Gasteiger partial charge in [-0.1, -0.05) is 24.6 Å². The number of benzene rings is 2. The molecular weight excluding hydrogens is 544 g/mol. The third kappa shape index (κ3) is 5.69. The number of anilines is 2. The number of hydrogen-bond donors (Lipinski definition) is 3. The van der Waals surface area contributed by atoms with Gasteiger partial charge in [0.2, 0.25) is 0 Å². The summed E-state index contributed by atoms with van der Waals surface area (Å²) in [7, 11) is 0. The van der Waals surface area contributed by atoms with Gasteiger partial charge in [0.05, 0.1) is 11.4 Å². The minimum atomic E-state index is -0.491. The van der Waals surface area contributed by atoms with Gasteiger partial charge in [0, 0.05) is 18.0 Å². The van der Waals surface area contributed by atoms with Crippen LogP contribution in [0, 0.1) is 13.8 Å². The minimum Gasteiger partial charge on any atom is -0.505 e. The number of nitrogens with zero attached hydrogens (tertiary/aromatic N) is 6. The number of imide groups is 1. The molecule has 0 spiro atoms. The smallest absolute Gasteiger partial charge is 0.286 e. The van der Waals surface area contributed by atoms with Gasteiger partial charge >= 0.3 is 0 Å². The molecule has 3 aliphatic rings. The standard InChI is InChI=1S/C32H38N8O3/c1-19-12-13-24(16-20(19)2)40-31(42)26(18-39-14-4-5-15-39)21(3)28(32(40)43)34-33-27-11-7-10-25(29(27)41)22-8-6-9-23(17-22)30-35-37-38-36-30/h7,10-13,16,22-23,33,41H,4-6,8-9,14-15,17-18H2,1-3H3,(H,35,36,37,38). The molecule has 0 bridgehead atoms. The first-order valence-electron chi connectivity index (χ1n) is 15.1. The molecule has 1 aliphatic carbocycles. The highest BCUT2D eigenvalue weighted by molar-refractivity contribution is 6.57. The van der Waals surface area contributed by atoms with Crippen LogP contribution in [0.3, 0.4) is 0 Å². The number of H-pyrrole nitrogens is 1. The average molecular weight is 583 g/mol. The van der Waals surface area contributed by atoms with Crippen LogP contribution >= 0.6 is 0 Å². The third-order valence-corrected chi connectivity index (χ3v) is 9.22. The highest BCUT2D eigenvalue weighted by Crippen LogP contribution is 2.44. The molecule has 3 heterocycles. The van der Waals surface area contributed by atoms with Gasteiger partial charge in [0.1, 0.15) is 5.75 Å². The van der Waals surface area contributed by atoms with E-state index in [4.69, 9.17) is 0 Å². The zero-order valence-electron chi connectivity index (χ0n) is 24.9. The Hall–Kier alpha value is -4.38. The van der Waals surface area contributed by atoms with Crippen LogP contribution in [0.2, 0.25) is 0 Å². The molecule has 11 nitrogen and oxygen atoms in total. The predicted molar refractivity (Wildman–Crippen MR) is 164 cm³/mol. The third-order valence-electron chi connectivity index (χ3n) is 9.22. The number of carbonyl (C=O) groups excluding carboxylic acids is 2. The van der Waals surface area contributed by atoms with Gasteiger partial charge in [-0.3, -0.25) is 19.9 Å². The van der Waals surface area contributed by atoms with Crippen LogP contribution in [0.25, 0.3) is 0 Å². The van der Waals surface area contributed by atoms with Gasteiger partial charge in [-0.2, -0.15) is 5.10 Å². The fourth-order valence-corrected chi connectivity index (χ4v) is 6.54. The van der Waals surface area contributed by atoms with E-state index in [9.17, 15) is 14.7 Å². The number of likely N-dealkylation sites (tertiary alicyclic amines) is 1. The van der Waals surface area contributed by atoms with E-state index in [0.717, 1.165) is 74.1 Å². The van der Waals surface area contributed by atoms with Crippen LogP contribution < -0.4 is 10.3 Å². The molecule has 2 atom stereocenters. The number of phenolic OH excluding ortho intramolecular Hbond substituents is 1. The number of para-hydroxylation sites is 1. The number of amides is 2. The Bertz CT molecular complexity index is 1590. The highest BCUT2D eigenvalue weighted by atomic mass is 16.3. The molecular formula is C32H38N8O3. The van der Waals surface area contributed by atoms with Crippen molar-refractivity contribution in [1.82, 2.24) is 25.5 Å². The topological polar surface area (TPSA) is 140 Å². The normalized spacial score (nSPS) is 22.6. The summed E-state index contributed by atoms with van der Waals surface area (Å²) >= 11 is 0. The van der Waals surface area contributed by atoms with Gasteiger partial charge in [-0.25, -0.2) is 10.00 Å². The molecule has 6 rings (SSSR count). The lowest BCUT2D eigenvalue weighted by molar-refractivity contribution is -0.121. The Morgan fingerprint density at radius 2 is 1.79 bits per heavy atom. The van der Waals surface area contributed by atoms with Gasteiger partial charge < -0.3 is 5.11 Å². The molecule has 1 saturated heterocycles. The quantitative estimate of drug-likeness (QED) is 0.207. The highest BCUT2D eigenvalue weighted by Gasteiger charge is 2.39. The molecule has 2 aromatic carbocycles. The van der Waals surface area contributed by atoms with Crippen molar-refractivity contribution in [3.8, 4) is 5.75 Å². The van der Waals surface area contributed by atoms with Gasteiger partial charge in [-0.05, 0) is 123 Å². The van der Waals surface area contributed by atoms with E-state index in [-0.39, 0.29) is 29.2 Å². The lowest BCUT2D eigenvalue weighted by Crippen LogP contribution is -2.49. The number of tetrazole rings is 1. The number of rotatable bonds is 7. The van der Waals surface area contributed by atoms with Crippen molar-refractivity contribution >= 4 is 28.9 Å². The first-order valence-corrected chi connectivity index (χ1v) is 15.1. The van der Waals surface area contributed by atoms with Crippen molar-refractivity contribution in [1.29, 1.82) is 0 Å². The van der Waals surface area contributed by atoms with E-state index < -0.39 is 5.91 Å². The first kappa shape index (κ1) is 28.7. The number of aromatic nitrogens is 4. The Morgan fingerprint density at radius 1 is 1.00 bits per heavy atom. The SMILES string of the molecule is CC1=C(CN2CCCC2)C(=O)N(c2ccc(C)c(C)c2)C(=O)C1=NNc1cccc(C2CCCC(c3nnn[nH]3)C2)c1O. The molecule has 2 unspecified atom stereocenters. The number of aryl methyl sites for hydroxylation is 2. The van der Waals surface area contributed by atoms with Crippen LogP contribution in [0.1, 0.15) is 79.8 Å². The van der Waals surface area contributed by atoms with Crippen LogP contribution in [-0.2, 0) is 9.59 Å². The van der Waals surface area contributed by atoms with Crippen LogP contribution in [0.5, 0.6) is 5.75 Å². The number of carbonyl (C=O) groups is 2. The monoisotopic (exact) mass is 582 g/mol. The molecule has 2 fully saturated rings. The summed E-state index contributed by atoms with van der Waals surface area (Å²) in [5.74, 6) is 0.403. The maximum atomic E-state index is 13.9. The van der Waals surface area contributed by atoms with E-state index in [2.05, 4.69) is 36.1 Å². The van der Waals surface area contributed by atoms with Crippen LogP contribution in [-0.4, -0.2) is 67.8 Å². The minimum absolute atomic E-state index is 0.109. The van der Waals surface area contributed by atoms with Crippen molar-refractivity contribution in [3.05, 3.63) is 70.1 Å². The summed E-state index contributed by atoms with van der Waals surface area (Å²) in [6.07, 6.45) is 5.93. The summed E-state index contributed by atoms with van der Waals surface area (Å²) in [5.41, 5.74) is 8.09. The van der Waals surface area contributed by atoms with Gasteiger partial charge in [0.25, 0.3) is 11.8 Å². The van der Waals surface area contributed by atoms with Crippen molar-refractivity contribution in [3.63, 3.8) is 0 Å². The van der Waals surface area contributed by atoms with Gasteiger partial charge in [0.15, 0.2) is 11.5 Å². The van der Waals surface area contributed by atoms with Crippen molar-refractivity contribution in [2.75, 3.05) is 30.0 Å². The largest absolute Gasteiger partial charge is 0.505 e. The molecule has 2 aliphatic heterocycles. The Balaban J connectivity index is 1.31. The number of phenols is 1. The first-order chi connectivity index (χ1) is 20.8. The van der Waals surface area contributed by atoms with Crippen LogP contribution in [0.4, 0.5) is 11.4 Å². The zero-order valence-corrected chi connectivity index (χ0v) is 24.9. The second kappa shape index (κ2) is 12.1. The summed E-state index contributed by atoms with van der Waals surface area (Å²) in [6, 6.07) is 11.2. The molecule has 1 saturated carbocycles. The molecule has 3 aromatic rings. The van der Waals surface area contributed by atoms with Crippen LogP contribution in [0.15, 0.2) is 52.6 Å². The van der Waals surface area contributed by atoms with Crippen molar-refractivity contribution in [2.24, 2.45) is 5.10 Å². The molecule has 3 N–H and O–H groups in total. The Labute approximate surface area is 251 Å². The Morgan fingerprint density at radius 3 is 2.53 bits per heavy atom. The van der Waals surface area contributed by atoms with E-state index in [1.54, 1.807) is 19.1 Å². The van der Waals surface area contributed by atoms with E-state index >= 15 is 0 Å². The summed E-state index contributed by atoms with van der Waals surface area (Å²) in [6.45, 7) is 8.05. The summed E-state index contributed by atoms with van der Waals surface area (Å²) < 4.78 is 0. The van der Waals surface area contributed by atoms with E-state index in [0.29, 0.717) is 29.1 Å². The molecule has 2 amide bonds.